The van der Waals surface area contributed by atoms with E-state index in [4.69, 9.17) is 4.52 Å². The van der Waals surface area contributed by atoms with Gasteiger partial charge in [-0.1, -0.05) is 25.9 Å². The second-order valence-corrected chi connectivity index (χ2v) is 5.40. The Labute approximate surface area is 119 Å². The molecule has 20 heavy (non-hydrogen) atoms. The normalized spacial score (nSPS) is 19.2. The number of hydrogen-bond donors (Lipinski definition) is 2. The summed E-state index contributed by atoms with van der Waals surface area (Å²) in [6, 6.07) is 0.0948. The van der Waals surface area contributed by atoms with Crippen molar-refractivity contribution >= 4 is 5.91 Å². The van der Waals surface area contributed by atoms with Gasteiger partial charge < -0.3 is 15.2 Å². The predicted octanol–water partition coefficient (Wildman–Crippen LogP) is 2.19. The molecule has 0 radical (unpaired) electrons. The molecule has 1 aromatic rings. The highest BCUT2D eigenvalue weighted by molar-refractivity contribution is 5.90. The first-order valence-corrected chi connectivity index (χ1v) is 7.53. The summed E-state index contributed by atoms with van der Waals surface area (Å²) in [5.74, 6) is 0.403. The minimum absolute atomic E-state index is 0.0948. The SMILES string of the molecule is CCC(CC)(CC)NC(=O)c1noc(C2CCCN2)n1. The lowest BCUT2D eigenvalue weighted by Gasteiger charge is -2.31. The van der Waals surface area contributed by atoms with Crippen LogP contribution in [0.1, 0.15) is 75.4 Å². The number of aromatic nitrogens is 2. The first kappa shape index (κ1) is 15.0. The van der Waals surface area contributed by atoms with Gasteiger partial charge in [0.1, 0.15) is 0 Å². The summed E-state index contributed by atoms with van der Waals surface area (Å²) < 4.78 is 5.20. The van der Waals surface area contributed by atoms with Gasteiger partial charge in [-0.25, -0.2) is 0 Å². The van der Waals surface area contributed by atoms with Crippen LogP contribution in [0.15, 0.2) is 4.52 Å². The zero-order valence-corrected chi connectivity index (χ0v) is 12.5. The van der Waals surface area contributed by atoms with Crippen molar-refractivity contribution in [2.75, 3.05) is 6.54 Å². The van der Waals surface area contributed by atoms with Crippen molar-refractivity contribution in [3.63, 3.8) is 0 Å². The van der Waals surface area contributed by atoms with Gasteiger partial charge in [0.15, 0.2) is 0 Å². The average molecular weight is 280 g/mol. The quantitative estimate of drug-likeness (QED) is 0.835. The molecule has 6 heteroatoms. The standard InChI is InChI=1S/C14H24N4O2/c1-4-14(5-2,6-3)17-12(19)11-16-13(20-18-11)10-8-7-9-15-10/h10,15H,4-9H2,1-3H3,(H,17,19). The number of rotatable bonds is 6. The molecule has 1 unspecified atom stereocenters. The molecular weight excluding hydrogens is 256 g/mol. The second kappa shape index (κ2) is 6.35. The molecule has 0 bridgehead atoms. The van der Waals surface area contributed by atoms with E-state index in [9.17, 15) is 4.79 Å². The summed E-state index contributed by atoms with van der Waals surface area (Å²) in [7, 11) is 0. The van der Waals surface area contributed by atoms with Gasteiger partial charge in [0.2, 0.25) is 5.89 Å². The lowest BCUT2D eigenvalue weighted by molar-refractivity contribution is 0.0874. The van der Waals surface area contributed by atoms with Crippen LogP contribution in [0.25, 0.3) is 0 Å². The number of nitrogens with zero attached hydrogens (tertiary/aromatic N) is 2. The van der Waals surface area contributed by atoms with E-state index in [1.165, 1.54) is 0 Å². The largest absolute Gasteiger partial charge is 0.344 e. The Morgan fingerprint density at radius 2 is 2.10 bits per heavy atom. The van der Waals surface area contributed by atoms with Crippen LogP contribution in [-0.4, -0.2) is 28.1 Å². The summed E-state index contributed by atoms with van der Waals surface area (Å²) >= 11 is 0. The fourth-order valence-electron chi connectivity index (χ4n) is 2.68. The Balaban J connectivity index is 2.05. The van der Waals surface area contributed by atoms with Crippen LogP contribution in [-0.2, 0) is 0 Å². The molecule has 1 fully saturated rings. The van der Waals surface area contributed by atoms with E-state index in [1.54, 1.807) is 0 Å². The van der Waals surface area contributed by atoms with Crippen LogP contribution < -0.4 is 10.6 Å². The van der Waals surface area contributed by atoms with Crippen LogP contribution in [0.2, 0.25) is 0 Å². The van der Waals surface area contributed by atoms with Crippen LogP contribution in [0.5, 0.6) is 0 Å². The highest BCUT2D eigenvalue weighted by Crippen LogP contribution is 2.22. The minimum atomic E-state index is -0.247. The first-order chi connectivity index (χ1) is 9.64. The van der Waals surface area contributed by atoms with Gasteiger partial charge in [0, 0.05) is 5.54 Å². The van der Waals surface area contributed by atoms with Crippen molar-refractivity contribution in [1.82, 2.24) is 20.8 Å². The molecule has 0 spiro atoms. The van der Waals surface area contributed by atoms with E-state index in [0.29, 0.717) is 5.89 Å². The predicted molar refractivity (Wildman–Crippen MR) is 75.3 cm³/mol. The van der Waals surface area contributed by atoms with Crippen LogP contribution in [0, 0.1) is 0 Å². The van der Waals surface area contributed by atoms with Crippen LogP contribution >= 0.6 is 0 Å². The van der Waals surface area contributed by atoms with Gasteiger partial charge in [0.05, 0.1) is 6.04 Å². The number of amides is 1. The van der Waals surface area contributed by atoms with E-state index >= 15 is 0 Å². The van der Waals surface area contributed by atoms with Gasteiger partial charge in [0.25, 0.3) is 11.7 Å². The Bertz CT molecular complexity index is 440. The Morgan fingerprint density at radius 1 is 1.40 bits per heavy atom. The fraction of sp³-hybridized carbons (Fsp3) is 0.786. The maximum atomic E-state index is 12.2. The van der Waals surface area contributed by atoms with Crippen molar-refractivity contribution in [3.05, 3.63) is 11.7 Å². The third-order valence-corrected chi connectivity index (χ3v) is 4.41. The Hall–Kier alpha value is -1.43. The van der Waals surface area contributed by atoms with Crippen molar-refractivity contribution in [2.45, 2.75) is 64.5 Å². The molecule has 1 atom stereocenters. The smallest absolute Gasteiger partial charge is 0.293 e. The molecule has 0 saturated carbocycles. The molecule has 1 amide bonds. The molecule has 0 aliphatic carbocycles. The molecule has 6 nitrogen and oxygen atoms in total. The molecule has 2 heterocycles. The van der Waals surface area contributed by atoms with E-state index in [0.717, 1.165) is 38.6 Å². The second-order valence-electron chi connectivity index (χ2n) is 5.40. The summed E-state index contributed by atoms with van der Waals surface area (Å²) in [6.45, 7) is 7.20. The van der Waals surface area contributed by atoms with Gasteiger partial charge >= 0.3 is 0 Å². The maximum Gasteiger partial charge on any atom is 0.293 e. The van der Waals surface area contributed by atoms with Crippen molar-refractivity contribution in [3.8, 4) is 0 Å². The van der Waals surface area contributed by atoms with E-state index in [2.05, 4.69) is 41.5 Å². The summed E-state index contributed by atoms with van der Waals surface area (Å²) in [4.78, 5) is 16.5. The van der Waals surface area contributed by atoms with Crippen molar-refractivity contribution in [1.29, 1.82) is 0 Å². The lowest BCUT2D eigenvalue weighted by atomic mass is 9.90. The average Bonchev–Trinajstić information content (AvgIpc) is 3.14. The van der Waals surface area contributed by atoms with E-state index < -0.39 is 0 Å². The van der Waals surface area contributed by atoms with E-state index in [-0.39, 0.29) is 23.3 Å². The molecule has 112 valence electrons. The van der Waals surface area contributed by atoms with Gasteiger partial charge in [-0.2, -0.15) is 4.98 Å². The topological polar surface area (TPSA) is 80.0 Å². The first-order valence-electron chi connectivity index (χ1n) is 7.53. The molecular formula is C14H24N4O2. The highest BCUT2D eigenvalue weighted by atomic mass is 16.5. The summed E-state index contributed by atoms with van der Waals surface area (Å²) in [5, 5.41) is 10.1. The fourth-order valence-corrected chi connectivity index (χ4v) is 2.68. The molecule has 1 aliphatic heterocycles. The Kier molecular flexibility index (Phi) is 4.75. The van der Waals surface area contributed by atoms with Gasteiger partial charge in [-0.05, 0) is 38.6 Å². The highest BCUT2D eigenvalue weighted by Gasteiger charge is 2.29. The van der Waals surface area contributed by atoms with Gasteiger partial charge in [-0.15, -0.1) is 0 Å². The third-order valence-electron chi connectivity index (χ3n) is 4.41. The number of hydrogen-bond acceptors (Lipinski definition) is 5. The van der Waals surface area contributed by atoms with Crippen molar-refractivity contribution in [2.24, 2.45) is 0 Å². The van der Waals surface area contributed by atoms with Gasteiger partial charge in [-0.3, -0.25) is 4.79 Å². The van der Waals surface area contributed by atoms with Crippen molar-refractivity contribution < 1.29 is 9.32 Å². The minimum Gasteiger partial charge on any atom is -0.344 e. The zero-order chi connectivity index (χ0) is 14.6. The third kappa shape index (κ3) is 3.00. The number of nitrogens with one attached hydrogen (secondary N) is 2. The molecule has 1 aromatic heterocycles. The molecule has 0 aromatic carbocycles. The number of carbonyl (C=O) groups is 1. The molecule has 1 aliphatic rings. The van der Waals surface area contributed by atoms with Crippen LogP contribution in [0.3, 0.4) is 0 Å². The van der Waals surface area contributed by atoms with Crippen LogP contribution in [0.4, 0.5) is 0 Å². The summed E-state index contributed by atoms with van der Waals surface area (Å²) in [6.07, 6.45) is 4.74. The lowest BCUT2D eigenvalue weighted by Crippen LogP contribution is -2.47. The maximum absolute atomic E-state index is 12.2. The number of carbonyl (C=O) groups excluding carboxylic acids is 1. The molecule has 2 rings (SSSR count). The monoisotopic (exact) mass is 280 g/mol. The molecule has 2 N–H and O–H groups in total. The zero-order valence-electron chi connectivity index (χ0n) is 12.5. The van der Waals surface area contributed by atoms with E-state index in [1.807, 2.05) is 0 Å². The Morgan fingerprint density at radius 3 is 2.65 bits per heavy atom. The molecule has 1 saturated heterocycles. The summed E-state index contributed by atoms with van der Waals surface area (Å²) in [5.41, 5.74) is -0.177.